The van der Waals surface area contributed by atoms with Crippen LogP contribution in [0.15, 0.2) is 18.2 Å². The summed E-state index contributed by atoms with van der Waals surface area (Å²) >= 11 is 0. The molecule has 1 aromatic heterocycles. The van der Waals surface area contributed by atoms with Crippen molar-refractivity contribution in [1.82, 2.24) is 15.3 Å². The number of amides is 1. The zero-order valence-corrected chi connectivity index (χ0v) is 13.9. The Balaban J connectivity index is 1.60. The molecular formula is C17H21N3O5. The summed E-state index contributed by atoms with van der Waals surface area (Å²) in [5.74, 6) is -0.357. The third-order valence-electron chi connectivity index (χ3n) is 4.09. The molecule has 25 heavy (non-hydrogen) atoms. The number of aliphatic carboxylic acids is 1. The number of fused-ring (bicyclic) bond motifs is 1. The van der Waals surface area contributed by atoms with Crippen LogP contribution in [0.3, 0.4) is 0 Å². The van der Waals surface area contributed by atoms with E-state index in [1.807, 2.05) is 25.1 Å². The lowest BCUT2D eigenvalue weighted by atomic mass is 10.1. The van der Waals surface area contributed by atoms with Crippen LogP contribution in [0, 0.1) is 6.92 Å². The number of ether oxygens (including phenoxy) is 2. The Bertz CT molecular complexity index is 773. The monoisotopic (exact) mass is 347 g/mol. The number of aromatic nitrogens is 2. The smallest absolute Gasteiger partial charge is 0.329 e. The first-order chi connectivity index (χ1) is 12.0. The number of carbonyl (C=O) groups is 2. The fraction of sp³-hybridized carbons (Fsp3) is 0.471. The Morgan fingerprint density at radius 1 is 1.48 bits per heavy atom. The van der Waals surface area contributed by atoms with Gasteiger partial charge in [-0.15, -0.1) is 0 Å². The zero-order chi connectivity index (χ0) is 17.8. The van der Waals surface area contributed by atoms with Crippen molar-refractivity contribution in [2.24, 2.45) is 0 Å². The van der Waals surface area contributed by atoms with E-state index in [4.69, 9.17) is 14.6 Å². The summed E-state index contributed by atoms with van der Waals surface area (Å²) in [4.78, 5) is 30.5. The Morgan fingerprint density at radius 3 is 3.12 bits per heavy atom. The molecule has 1 saturated heterocycles. The highest BCUT2D eigenvalue weighted by Crippen LogP contribution is 2.15. The molecule has 2 aromatic rings. The molecule has 0 radical (unpaired) electrons. The van der Waals surface area contributed by atoms with Crippen molar-refractivity contribution in [2.45, 2.75) is 31.9 Å². The number of hydrogen-bond acceptors (Lipinski definition) is 5. The molecule has 0 bridgehead atoms. The largest absolute Gasteiger partial charge is 0.480 e. The van der Waals surface area contributed by atoms with Gasteiger partial charge in [0, 0.05) is 6.61 Å². The molecule has 0 unspecified atom stereocenters. The minimum absolute atomic E-state index is 0.157. The number of carboxylic acids is 1. The van der Waals surface area contributed by atoms with E-state index >= 15 is 0 Å². The van der Waals surface area contributed by atoms with E-state index in [1.165, 1.54) is 0 Å². The molecule has 1 fully saturated rings. The summed E-state index contributed by atoms with van der Waals surface area (Å²) in [5, 5.41) is 11.6. The molecule has 3 N–H and O–H groups in total. The number of nitrogens with zero attached hydrogens (tertiary/aromatic N) is 1. The fourth-order valence-electron chi connectivity index (χ4n) is 2.97. The van der Waals surface area contributed by atoms with Crippen molar-refractivity contribution in [1.29, 1.82) is 0 Å². The molecule has 1 amide bonds. The summed E-state index contributed by atoms with van der Waals surface area (Å²) in [6.45, 7) is 2.31. The number of benzene rings is 1. The zero-order valence-electron chi connectivity index (χ0n) is 13.9. The van der Waals surface area contributed by atoms with Crippen molar-refractivity contribution in [3.8, 4) is 0 Å². The second-order valence-corrected chi connectivity index (χ2v) is 6.13. The average Bonchev–Trinajstić information content (AvgIpc) is 2.93. The second kappa shape index (κ2) is 7.62. The minimum atomic E-state index is -1.03. The lowest BCUT2D eigenvalue weighted by molar-refractivity contribution is -0.148. The lowest BCUT2D eigenvalue weighted by Crippen LogP contribution is -2.51. The van der Waals surface area contributed by atoms with Crippen molar-refractivity contribution in [3.63, 3.8) is 0 Å². The Kier molecular flexibility index (Phi) is 5.30. The molecule has 2 heterocycles. The van der Waals surface area contributed by atoms with Crippen molar-refractivity contribution in [2.75, 3.05) is 19.8 Å². The van der Waals surface area contributed by atoms with Gasteiger partial charge in [-0.05, 0) is 31.0 Å². The molecule has 1 aliphatic heterocycles. The first kappa shape index (κ1) is 17.4. The van der Waals surface area contributed by atoms with Gasteiger partial charge >= 0.3 is 5.97 Å². The van der Waals surface area contributed by atoms with E-state index in [0.717, 1.165) is 22.4 Å². The van der Waals surface area contributed by atoms with Gasteiger partial charge in [0.2, 0.25) is 5.91 Å². The van der Waals surface area contributed by atoms with E-state index < -0.39 is 5.97 Å². The Labute approximate surface area is 144 Å². The number of hydrogen-bond donors (Lipinski definition) is 3. The van der Waals surface area contributed by atoms with Crippen LogP contribution < -0.4 is 5.32 Å². The van der Waals surface area contributed by atoms with E-state index in [1.54, 1.807) is 0 Å². The normalized spacial score (nSPS) is 20.5. The molecular weight excluding hydrogens is 326 g/mol. The van der Waals surface area contributed by atoms with Crippen LogP contribution in [0.25, 0.3) is 11.0 Å². The topological polar surface area (TPSA) is 114 Å². The first-order valence-electron chi connectivity index (χ1n) is 8.17. The van der Waals surface area contributed by atoms with Crippen LogP contribution in [0.5, 0.6) is 0 Å². The van der Waals surface area contributed by atoms with Crippen LogP contribution in [0.4, 0.5) is 0 Å². The number of rotatable bonds is 6. The predicted molar refractivity (Wildman–Crippen MR) is 89.3 cm³/mol. The van der Waals surface area contributed by atoms with Gasteiger partial charge in [-0.1, -0.05) is 6.07 Å². The predicted octanol–water partition coefficient (Wildman–Crippen LogP) is 0.789. The Hall–Kier alpha value is -2.45. The van der Waals surface area contributed by atoms with Crippen molar-refractivity contribution in [3.05, 3.63) is 29.6 Å². The molecule has 0 aliphatic carbocycles. The quantitative estimate of drug-likeness (QED) is 0.712. The lowest BCUT2D eigenvalue weighted by Gasteiger charge is -2.31. The summed E-state index contributed by atoms with van der Waals surface area (Å²) in [7, 11) is 0. The molecule has 8 heteroatoms. The highest BCUT2D eigenvalue weighted by atomic mass is 16.5. The number of H-pyrrole nitrogens is 1. The average molecular weight is 347 g/mol. The van der Waals surface area contributed by atoms with Crippen LogP contribution in [0.2, 0.25) is 0 Å². The van der Waals surface area contributed by atoms with E-state index in [-0.39, 0.29) is 31.1 Å². The van der Waals surface area contributed by atoms with Gasteiger partial charge in [0.15, 0.2) is 0 Å². The van der Waals surface area contributed by atoms with Gasteiger partial charge in [0.05, 0.1) is 36.2 Å². The molecule has 0 saturated carbocycles. The molecule has 2 atom stereocenters. The van der Waals surface area contributed by atoms with E-state index in [9.17, 15) is 9.59 Å². The number of aryl methyl sites for hydroxylation is 1. The van der Waals surface area contributed by atoms with Crippen LogP contribution in [-0.2, 0) is 25.5 Å². The maximum Gasteiger partial charge on any atom is 0.329 e. The number of carboxylic acid groups (broad SMARTS) is 1. The molecule has 0 spiro atoms. The molecule has 1 aromatic carbocycles. The first-order valence-corrected chi connectivity index (χ1v) is 8.17. The summed E-state index contributed by atoms with van der Waals surface area (Å²) in [6, 6.07) is 5.31. The number of imidazole rings is 1. The van der Waals surface area contributed by atoms with Crippen LogP contribution >= 0.6 is 0 Å². The maximum atomic E-state index is 12.3. The standard InChI is InChI=1S/C17H21N3O5/c1-10-18-12-3-2-11(6-13(12)19-10)7-16(21)20-14-8-24-5-4-15(14)25-9-17(22)23/h2-3,6,14-15H,4-5,7-9H2,1H3,(H,18,19)(H,20,21)(H,22,23)/t14-,15+/m1/s1. The number of carbonyl (C=O) groups excluding carboxylic acids is 1. The van der Waals surface area contributed by atoms with Gasteiger partial charge in [-0.2, -0.15) is 0 Å². The van der Waals surface area contributed by atoms with Crippen molar-refractivity contribution < 1.29 is 24.2 Å². The summed E-state index contributed by atoms with van der Waals surface area (Å²) < 4.78 is 10.7. The maximum absolute atomic E-state index is 12.3. The van der Waals surface area contributed by atoms with Gasteiger partial charge in [-0.25, -0.2) is 9.78 Å². The van der Waals surface area contributed by atoms with Crippen molar-refractivity contribution >= 4 is 22.9 Å². The Morgan fingerprint density at radius 2 is 2.32 bits per heavy atom. The second-order valence-electron chi connectivity index (χ2n) is 6.13. The SMILES string of the molecule is Cc1nc2ccc(CC(=O)N[C@@H]3COCC[C@@H]3OCC(=O)O)cc2[nH]1. The van der Waals surface area contributed by atoms with Crippen LogP contribution in [0.1, 0.15) is 17.8 Å². The molecule has 3 rings (SSSR count). The molecule has 8 nitrogen and oxygen atoms in total. The van der Waals surface area contributed by atoms with Gasteiger partial charge in [-0.3, -0.25) is 4.79 Å². The molecule has 134 valence electrons. The van der Waals surface area contributed by atoms with Crippen LogP contribution in [-0.4, -0.2) is 58.9 Å². The number of nitrogens with one attached hydrogen (secondary N) is 2. The van der Waals surface area contributed by atoms with Gasteiger partial charge in [0.1, 0.15) is 12.4 Å². The molecule has 1 aliphatic rings. The third-order valence-corrected chi connectivity index (χ3v) is 4.09. The number of aromatic amines is 1. The minimum Gasteiger partial charge on any atom is -0.480 e. The van der Waals surface area contributed by atoms with E-state index in [0.29, 0.717) is 19.6 Å². The highest BCUT2D eigenvalue weighted by Gasteiger charge is 2.28. The van der Waals surface area contributed by atoms with Gasteiger partial charge in [0.25, 0.3) is 0 Å². The summed E-state index contributed by atoms with van der Waals surface area (Å²) in [6.07, 6.45) is 0.417. The third kappa shape index (κ3) is 4.55. The van der Waals surface area contributed by atoms with E-state index in [2.05, 4.69) is 15.3 Å². The highest BCUT2D eigenvalue weighted by molar-refractivity contribution is 5.82. The fourth-order valence-corrected chi connectivity index (χ4v) is 2.97. The summed E-state index contributed by atoms with van der Waals surface area (Å²) in [5.41, 5.74) is 2.63. The van der Waals surface area contributed by atoms with Gasteiger partial charge < -0.3 is 24.9 Å².